The molecule has 0 saturated carbocycles. The zero-order valence-corrected chi connectivity index (χ0v) is 10.2. The number of thioether (sulfide) groups is 1. The fourth-order valence-electron chi connectivity index (χ4n) is 1.35. The smallest absolute Gasteiger partial charge is 0.223 e. The lowest BCUT2D eigenvalue weighted by Crippen LogP contribution is -2.35. The van der Waals surface area contributed by atoms with Crippen LogP contribution in [0.5, 0.6) is 0 Å². The fraction of sp³-hybridized carbons (Fsp3) is 0.667. The molecule has 1 amide bonds. The van der Waals surface area contributed by atoms with Gasteiger partial charge in [0, 0.05) is 13.3 Å². The van der Waals surface area contributed by atoms with E-state index < -0.39 is 6.10 Å². The molecule has 96 valence electrons. The second-order valence-electron chi connectivity index (χ2n) is 3.57. The van der Waals surface area contributed by atoms with Gasteiger partial charge < -0.3 is 15.9 Å². The van der Waals surface area contributed by atoms with Crippen LogP contribution in [0.4, 0.5) is 0 Å². The number of carbonyl (C=O) groups is 1. The SMILES string of the molecule is CC(=O)NC(N)=N/C=N/C1CC(O)C(CO)S1. The van der Waals surface area contributed by atoms with Crippen molar-refractivity contribution in [2.75, 3.05) is 6.61 Å². The standard InChI is InChI=1S/C9H16N4O3S/c1-5(15)13-9(10)12-4-11-8-2-6(16)7(3-14)17-8/h4,6-8,14,16H,2-3H2,1H3,(H3,10,11,12,13,15). The van der Waals surface area contributed by atoms with Crippen molar-refractivity contribution in [2.45, 2.75) is 30.1 Å². The van der Waals surface area contributed by atoms with E-state index in [4.69, 9.17) is 10.8 Å². The molecular weight excluding hydrogens is 244 g/mol. The summed E-state index contributed by atoms with van der Waals surface area (Å²) in [5.74, 6) is -0.325. The minimum Gasteiger partial charge on any atom is -0.395 e. The number of amides is 1. The highest BCUT2D eigenvalue weighted by Crippen LogP contribution is 2.34. The molecule has 0 spiro atoms. The molecule has 1 heterocycles. The molecule has 8 heteroatoms. The predicted molar refractivity (Wildman–Crippen MR) is 66.8 cm³/mol. The van der Waals surface area contributed by atoms with Crippen molar-refractivity contribution in [3.05, 3.63) is 0 Å². The Labute approximate surface area is 103 Å². The quantitative estimate of drug-likeness (QED) is 0.369. The van der Waals surface area contributed by atoms with Gasteiger partial charge in [0.1, 0.15) is 6.34 Å². The lowest BCUT2D eigenvalue weighted by atomic mass is 10.2. The number of carbonyl (C=O) groups excluding carboxylic acids is 1. The Hall–Kier alpha value is -1.12. The molecule has 0 aromatic rings. The fourth-order valence-corrected chi connectivity index (χ4v) is 2.56. The maximum atomic E-state index is 10.6. The Morgan fingerprint density at radius 2 is 2.41 bits per heavy atom. The van der Waals surface area contributed by atoms with Crippen LogP contribution >= 0.6 is 11.8 Å². The van der Waals surface area contributed by atoms with Crippen molar-refractivity contribution < 1.29 is 15.0 Å². The summed E-state index contributed by atoms with van der Waals surface area (Å²) in [6.45, 7) is 1.25. The average Bonchev–Trinajstić information content (AvgIpc) is 2.57. The van der Waals surface area contributed by atoms with E-state index in [1.807, 2.05) is 0 Å². The number of nitrogens with one attached hydrogen (secondary N) is 1. The summed E-state index contributed by atoms with van der Waals surface area (Å²) in [6, 6.07) is 0. The number of aliphatic hydroxyl groups excluding tert-OH is 2. The van der Waals surface area contributed by atoms with E-state index in [9.17, 15) is 9.90 Å². The summed E-state index contributed by atoms with van der Waals surface area (Å²) in [7, 11) is 0. The molecule has 1 rings (SSSR count). The van der Waals surface area contributed by atoms with Crippen LogP contribution in [-0.2, 0) is 4.79 Å². The minimum absolute atomic E-state index is 0.0245. The zero-order chi connectivity index (χ0) is 12.8. The van der Waals surface area contributed by atoms with Crippen LogP contribution in [0.3, 0.4) is 0 Å². The van der Waals surface area contributed by atoms with Crippen molar-refractivity contribution in [1.29, 1.82) is 0 Å². The summed E-state index contributed by atoms with van der Waals surface area (Å²) >= 11 is 1.39. The monoisotopic (exact) mass is 260 g/mol. The molecular formula is C9H16N4O3S. The molecule has 1 aliphatic heterocycles. The van der Waals surface area contributed by atoms with Crippen LogP contribution in [0, 0.1) is 0 Å². The van der Waals surface area contributed by atoms with Gasteiger partial charge >= 0.3 is 0 Å². The molecule has 5 N–H and O–H groups in total. The first kappa shape index (κ1) is 13.9. The first-order valence-electron chi connectivity index (χ1n) is 5.09. The number of aliphatic imine (C=N–C) groups is 2. The van der Waals surface area contributed by atoms with Gasteiger partial charge in [0.15, 0.2) is 0 Å². The first-order valence-corrected chi connectivity index (χ1v) is 6.04. The molecule has 0 aromatic carbocycles. The third kappa shape index (κ3) is 4.72. The Morgan fingerprint density at radius 1 is 1.71 bits per heavy atom. The Morgan fingerprint density at radius 3 is 2.94 bits per heavy atom. The van der Waals surface area contributed by atoms with Gasteiger partial charge in [0.2, 0.25) is 11.9 Å². The van der Waals surface area contributed by atoms with Crippen molar-refractivity contribution in [1.82, 2.24) is 5.32 Å². The Kier molecular flexibility index (Phi) is 5.39. The van der Waals surface area contributed by atoms with Crippen LogP contribution in [-0.4, -0.2) is 51.8 Å². The molecule has 1 saturated heterocycles. The number of hydrogen-bond donors (Lipinski definition) is 4. The van der Waals surface area contributed by atoms with Crippen LogP contribution < -0.4 is 11.1 Å². The summed E-state index contributed by atoms with van der Waals surface area (Å²) < 4.78 is 0. The van der Waals surface area contributed by atoms with Crippen LogP contribution in [0.25, 0.3) is 0 Å². The summed E-state index contributed by atoms with van der Waals surface area (Å²) in [5, 5.41) is 20.4. The molecule has 1 fully saturated rings. The van der Waals surface area contributed by atoms with Gasteiger partial charge in [0.05, 0.1) is 23.3 Å². The van der Waals surface area contributed by atoms with Gasteiger partial charge in [-0.05, 0) is 0 Å². The van der Waals surface area contributed by atoms with Crippen molar-refractivity contribution in [3.63, 3.8) is 0 Å². The molecule has 0 radical (unpaired) electrons. The van der Waals surface area contributed by atoms with Gasteiger partial charge in [-0.25, -0.2) is 4.99 Å². The van der Waals surface area contributed by atoms with E-state index in [1.54, 1.807) is 0 Å². The van der Waals surface area contributed by atoms with E-state index in [2.05, 4.69) is 15.3 Å². The van der Waals surface area contributed by atoms with Crippen molar-refractivity contribution >= 4 is 30.0 Å². The highest BCUT2D eigenvalue weighted by molar-refractivity contribution is 8.00. The molecule has 0 aromatic heterocycles. The average molecular weight is 260 g/mol. The number of nitrogens with two attached hydrogens (primary N) is 1. The van der Waals surface area contributed by atoms with Gasteiger partial charge in [0.25, 0.3) is 0 Å². The second-order valence-corrected chi connectivity index (χ2v) is 5.00. The maximum Gasteiger partial charge on any atom is 0.223 e. The molecule has 0 aliphatic carbocycles. The third-order valence-corrected chi connectivity index (χ3v) is 3.56. The number of hydrogen-bond acceptors (Lipinski definition) is 5. The van der Waals surface area contributed by atoms with Crippen molar-refractivity contribution in [3.8, 4) is 0 Å². The Bertz CT molecular complexity index is 334. The van der Waals surface area contributed by atoms with Crippen LogP contribution in [0.15, 0.2) is 9.98 Å². The van der Waals surface area contributed by atoms with E-state index in [1.165, 1.54) is 25.0 Å². The number of nitrogens with zero attached hydrogens (tertiary/aromatic N) is 2. The molecule has 1 aliphatic rings. The lowest BCUT2D eigenvalue weighted by Gasteiger charge is -2.07. The normalized spacial score (nSPS) is 29.8. The van der Waals surface area contributed by atoms with E-state index in [0.717, 1.165) is 0 Å². The van der Waals surface area contributed by atoms with E-state index in [0.29, 0.717) is 6.42 Å². The van der Waals surface area contributed by atoms with Gasteiger partial charge in [-0.2, -0.15) is 0 Å². The van der Waals surface area contributed by atoms with Gasteiger partial charge in [-0.15, -0.1) is 11.8 Å². The van der Waals surface area contributed by atoms with E-state index in [-0.39, 0.29) is 29.1 Å². The van der Waals surface area contributed by atoms with Crippen molar-refractivity contribution in [2.24, 2.45) is 15.7 Å². The topological polar surface area (TPSA) is 120 Å². The highest BCUT2D eigenvalue weighted by atomic mass is 32.2. The molecule has 17 heavy (non-hydrogen) atoms. The lowest BCUT2D eigenvalue weighted by molar-refractivity contribution is -0.117. The first-order chi connectivity index (χ1) is 8.02. The van der Waals surface area contributed by atoms with Gasteiger partial charge in [-0.3, -0.25) is 15.1 Å². The molecule has 7 nitrogen and oxygen atoms in total. The van der Waals surface area contributed by atoms with Crippen LogP contribution in [0.1, 0.15) is 13.3 Å². The molecule has 3 unspecified atom stereocenters. The second kappa shape index (κ2) is 6.58. The largest absolute Gasteiger partial charge is 0.395 e. The maximum absolute atomic E-state index is 10.6. The summed E-state index contributed by atoms with van der Waals surface area (Å²) in [5.41, 5.74) is 5.37. The number of rotatable bonds is 3. The van der Waals surface area contributed by atoms with Gasteiger partial charge in [-0.1, -0.05) is 0 Å². The number of guanidine groups is 1. The Balaban J connectivity index is 2.42. The van der Waals surface area contributed by atoms with E-state index >= 15 is 0 Å². The predicted octanol–water partition coefficient (Wildman–Crippen LogP) is -1.35. The molecule has 0 bridgehead atoms. The third-order valence-electron chi connectivity index (χ3n) is 2.12. The van der Waals surface area contributed by atoms with Crippen LogP contribution in [0.2, 0.25) is 0 Å². The minimum atomic E-state index is -0.552. The summed E-state index contributed by atoms with van der Waals surface area (Å²) in [4.78, 5) is 18.4. The highest BCUT2D eigenvalue weighted by Gasteiger charge is 2.32. The number of aliphatic hydroxyl groups is 2. The summed E-state index contributed by atoms with van der Waals surface area (Å²) in [6.07, 6.45) is 1.17. The zero-order valence-electron chi connectivity index (χ0n) is 9.41. The molecule has 3 atom stereocenters.